The Kier molecular flexibility index (Phi) is 5.11. The van der Waals surface area contributed by atoms with Gasteiger partial charge in [0.1, 0.15) is 23.2 Å². The Morgan fingerprint density at radius 3 is 2.42 bits per heavy atom. The molecule has 1 heterocycles. The number of benzene rings is 2. The predicted octanol–water partition coefficient (Wildman–Crippen LogP) is 3.90. The Hall–Kier alpha value is -2.25. The molecule has 2 aromatic rings. The lowest BCUT2D eigenvalue weighted by Crippen LogP contribution is -2.52. The molecular formula is C17H11Cl2F3N2O2. The van der Waals surface area contributed by atoms with Gasteiger partial charge in [-0.3, -0.25) is 9.59 Å². The summed E-state index contributed by atoms with van der Waals surface area (Å²) in [7, 11) is 0. The molecular weight excluding hydrogens is 392 g/mol. The normalized spacial score (nSPS) is 14.7. The molecule has 1 aliphatic heterocycles. The van der Waals surface area contributed by atoms with Gasteiger partial charge in [0.2, 0.25) is 5.91 Å². The topological polar surface area (TPSA) is 40.6 Å². The maximum atomic E-state index is 14.0. The second kappa shape index (κ2) is 7.17. The number of amides is 2. The Bertz CT molecular complexity index is 908. The Morgan fingerprint density at radius 2 is 1.77 bits per heavy atom. The molecule has 0 saturated carbocycles. The van der Waals surface area contributed by atoms with E-state index in [0.29, 0.717) is 5.69 Å². The second-order valence-corrected chi connectivity index (χ2v) is 6.38. The highest BCUT2D eigenvalue weighted by atomic mass is 35.5. The molecule has 1 saturated heterocycles. The maximum absolute atomic E-state index is 14.0. The summed E-state index contributed by atoms with van der Waals surface area (Å²) >= 11 is 11.4. The van der Waals surface area contributed by atoms with E-state index < -0.39 is 39.9 Å². The minimum absolute atomic E-state index is 0.0643. The van der Waals surface area contributed by atoms with Gasteiger partial charge in [-0.25, -0.2) is 13.2 Å². The SMILES string of the molecule is O=C(c1ccc(F)c(Cl)c1F)N1CCN(c2ccc(F)cc2Cl)C(=O)C1. The van der Waals surface area contributed by atoms with Crippen LogP contribution in [0.3, 0.4) is 0 Å². The first-order valence-corrected chi connectivity index (χ1v) is 8.23. The summed E-state index contributed by atoms with van der Waals surface area (Å²) in [5.41, 5.74) is -0.0985. The predicted molar refractivity (Wildman–Crippen MR) is 91.0 cm³/mol. The molecule has 0 aliphatic carbocycles. The zero-order valence-electron chi connectivity index (χ0n) is 13.1. The molecule has 136 valence electrons. The Morgan fingerprint density at radius 1 is 1.04 bits per heavy atom. The molecule has 4 nitrogen and oxygen atoms in total. The maximum Gasteiger partial charge on any atom is 0.257 e. The van der Waals surface area contributed by atoms with Crippen LogP contribution in [0.5, 0.6) is 0 Å². The van der Waals surface area contributed by atoms with Crippen LogP contribution in [0.4, 0.5) is 18.9 Å². The molecule has 3 rings (SSSR count). The molecule has 0 unspecified atom stereocenters. The van der Waals surface area contributed by atoms with Crippen molar-refractivity contribution in [2.45, 2.75) is 0 Å². The van der Waals surface area contributed by atoms with Gasteiger partial charge in [-0.2, -0.15) is 0 Å². The molecule has 1 aliphatic rings. The minimum Gasteiger partial charge on any atom is -0.327 e. The van der Waals surface area contributed by atoms with Gasteiger partial charge in [0.05, 0.1) is 16.3 Å². The van der Waals surface area contributed by atoms with Crippen molar-refractivity contribution in [1.29, 1.82) is 0 Å². The van der Waals surface area contributed by atoms with Crippen molar-refractivity contribution >= 4 is 40.7 Å². The zero-order chi connectivity index (χ0) is 19.0. The monoisotopic (exact) mass is 402 g/mol. The fourth-order valence-corrected chi connectivity index (χ4v) is 3.10. The average Bonchev–Trinajstić information content (AvgIpc) is 2.60. The molecule has 0 radical (unpaired) electrons. The van der Waals surface area contributed by atoms with Crippen LogP contribution in [0.2, 0.25) is 10.0 Å². The van der Waals surface area contributed by atoms with Crippen molar-refractivity contribution < 1.29 is 22.8 Å². The first-order chi connectivity index (χ1) is 12.3. The van der Waals surface area contributed by atoms with Crippen LogP contribution in [-0.2, 0) is 4.79 Å². The highest BCUT2D eigenvalue weighted by Gasteiger charge is 2.31. The van der Waals surface area contributed by atoms with Gasteiger partial charge in [-0.1, -0.05) is 23.2 Å². The van der Waals surface area contributed by atoms with Crippen LogP contribution in [0.25, 0.3) is 0 Å². The number of piperazine rings is 1. The molecule has 0 bridgehead atoms. The zero-order valence-corrected chi connectivity index (χ0v) is 14.6. The van der Waals surface area contributed by atoms with Crippen LogP contribution in [0.1, 0.15) is 10.4 Å². The van der Waals surface area contributed by atoms with Crippen LogP contribution in [0, 0.1) is 17.5 Å². The lowest BCUT2D eigenvalue weighted by molar-refractivity contribution is -0.120. The lowest BCUT2D eigenvalue weighted by Gasteiger charge is -2.34. The van der Waals surface area contributed by atoms with E-state index in [2.05, 4.69) is 0 Å². The minimum atomic E-state index is -1.17. The molecule has 2 aromatic carbocycles. The van der Waals surface area contributed by atoms with Gasteiger partial charge < -0.3 is 9.80 Å². The summed E-state index contributed by atoms with van der Waals surface area (Å²) < 4.78 is 40.4. The van der Waals surface area contributed by atoms with Crippen molar-refractivity contribution in [2.24, 2.45) is 0 Å². The number of anilines is 1. The van der Waals surface area contributed by atoms with Crippen molar-refractivity contribution in [1.82, 2.24) is 4.90 Å². The van der Waals surface area contributed by atoms with Crippen molar-refractivity contribution in [3.63, 3.8) is 0 Å². The van der Waals surface area contributed by atoms with Gasteiger partial charge in [0.15, 0.2) is 5.82 Å². The van der Waals surface area contributed by atoms with Gasteiger partial charge in [0, 0.05) is 13.1 Å². The van der Waals surface area contributed by atoms with Crippen molar-refractivity contribution in [3.8, 4) is 0 Å². The molecule has 1 fully saturated rings. The largest absolute Gasteiger partial charge is 0.327 e. The van der Waals surface area contributed by atoms with E-state index in [9.17, 15) is 22.8 Å². The summed E-state index contributed by atoms with van der Waals surface area (Å²) in [5, 5.41) is -0.714. The summed E-state index contributed by atoms with van der Waals surface area (Å²) in [5.74, 6) is -3.93. The summed E-state index contributed by atoms with van der Waals surface area (Å²) in [6.45, 7) is -0.153. The quantitative estimate of drug-likeness (QED) is 0.714. The summed E-state index contributed by atoms with van der Waals surface area (Å²) in [6, 6.07) is 5.48. The van der Waals surface area contributed by atoms with E-state index in [4.69, 9.17) is 23.2 Å². The molecule has 9 heteroatoms. The lowest BCUT2D eigenvalue weighted by atomic mass is 10.1. The number of halogens is 5. The van der Waals surface area contributed by atoms with Gasteiger partial charge >= 0.3 is 0 Å². The number of rotatable bonds is 2. The van der Waals surface area contributed by atoms with Gasteiger partial charge in [-0.05, 0) is 30.3 Å². The van der Waals surface area contributed by atoms with E-state index in [1.165, 1.54) is 17.0 Å². The number of carbonyl (C=O) groups excluding carboxylic acids is 2. The molecule has 2 amide bonds. The average molecular weight is 403 g/mol. The van der Waals surface area contributed by atoms with E-state index in [1.807, 2.05) is 0 Å². The Labute approximate surface area is 156 Å². The number of carbonyl (C=O) groups is 2. The fraction of sp³-hybridized carbons (Fsp3) is 0.176. The molecule has 0 atom stereocenters. The highest BCUT2D eigenvalue weighted by Crippen LogP contribution is 2.29. The van der Waals surface area contributed by atoms with Crippen molar-refractivity contribution in [2.75, 3.05) is 24.5 Å². The first kappa shape index (κ1) is 18.5. The molecule has 0 N–H and O–H groups in total. The smallest absolute Gasteiger partial charge is 0.257 e. The van der Waals surface area contributed by atoms with E-state index in [-0.39, 0.29) is 24.7 Å². The summed E-state index contributed by atoms with van der Waals surface area (Å²) in [6.07, 6.45) is 0. The first-order valence-electron chi connectivity index (χ1n) is 7.47. The number of hydrogen-bond acceptors (Lipinski definition) is 2. The number of hydrogen-bond donors (Lipinski definition) is 0. The fourth-order valence-electron chi connectivity index (χ4n) is 2.66. The standard InChI is InChI=1S/C17H11Cl2F3N2O2/c18-11-7-9(20)1-4-13(11)24-6-5-23(8-14(24)25)17(26)10-2-3-12(21)15(19)16(10)22/h1-4,7H,5-6,8H2. The molecule has 0 aromatic heterocycles. The van der Waals surface area contributed by atoms with Crippen LogP contribution >= 0.6 is 23.2 Å². The third-order valence-corrected chi connectivity index (χ3v) is 4.62. The molecule has 26 heavy (non-hydrogen) atoms. The van der Waals surface area contributed by atoms with E-state index in [0.717, 1.165) is 23.1 Å². The van der Waals surface area contributed by atoms with Gasteiger partial charge in [-0.15, -0.1) is 0 Å². The second-order valence-electron chi connectivity index (χ2n) is 5.59. The van der Waals surface area contributed by atoms with E-state index >= 15 is 0 Å². The summed E-state index contributed by atoms with van der Waals surface area (Å²) in [4.78, 5) is 27.3. The van der Waals surface area contributed by atoms with Crippen LogP contribution in [-0.4, -0.2) is 36.3 Å². The van der Waals surface area contributed by atoms with Crippen LogP contribution in [0.15, 0.2) is 30.3 Å². The van der Waals surface area contributed by atoms with Gasteiger partial charge in [0.25, 0.3) is 5.91 Å². The van der Waals surface area contributed by atoms with E-state index in [1.54, 1.807) is 0 Å². The third kappa shape index (κ3) is 3.37. The molecule has 0 spiro atoms. The van der Waals surface area contributed by atoms with Crippen LogP contribution < -0.4 is 4.90 Å². The Balaban J connectivity index is 1.79. The highest BCUT2D eigenvalue weighted by molar-refractivity contribution is 6.34. The number of nitrogens with zero attached hydrogens (tertiary/aromatic N) is 2. The third-order valence-electron chi connectivity index (χ3n) is 3.97. The van der Waals surface area contributed by atoms with Crippen molar-refractivity contribution in [3.05, 3.63) is 63.4 Å².